The molecule has 1 unspecified atom stereocenters. The molecule has 1 atom stereocenters. The van der Waals surface area contributed by atoms with Gasteiger partial charge in [-0.3, -0.25) is 4.79 Å². The zero-order valence-electron chi connectivity index (χ0n) is 14.6. The largest absolute Gasteiger partial charge is 0.492 e. The minimum absolute atomic E-state index is 0.00688. The van der Waals surface area contributed by atoms with Crippen molar-refractivity contribution >= 4 is 21.6 Å². The van der Waals surface area contributed by atoms with Gasteiger partial charge in [0, 0.05) is 32.2 Å². The van der Waals surface area contributed by atoms with Crippen LogP contribution in [0.15, 0.2) is 41.8 Å². The number of carbonyl (C=O) groups is 1. The van der Waals surface area contributed by atoms with Gasteiger partial charge in [0.15, 0.2) is 0 Å². The Kier molecular flexibility index (Phi) is 5.81. The molecule has 0 saturated heterocycles. The first-order valence-corrected chi connectivity index (χ1v) is 9.19. The van der Waals surface area contributed by atoms with Gasteiger partial charge in [-0.15, -0.1) is 0 Å². The summed E-state index contributed by atoms with van der Waals surface area (Å²) in [5.41, 5.74) is 0.376. The van der Waals surface area contributed by atoms with Crippen molar-refractivity contribution in [3.8, 4) is 5.75 Å². The molecule has 136 valence electrons. The van der Waals surface area contributed by atoms with Gasteiger partial charge in [-0.25, -0.2) is 17.7 Å². The lowest BCUT2D eigenvalue weighted by atomic mass is 10.2. The lowest BCUT2D eigenvalue weighted by Crippen LogP contribution is -2.24. The van der Waals surface area contributed by atoms with Gasteiger partial charge >= 0.3 is 0 Å². The molecule has 1 N–H and O–H groups in total. The van der Waals surface area contributed by atoms with Crippen molar-refractivity contribution in [2.24, 2.45) is 0 Å². The van der Waals surface area contributed by atoms with Crippen LogP contribution in [0.25, 0.3) is 0 Å². The third kappa shape index (κ3) is 4.18. The monoisotopic (exact) mass is 366 g/mol. The summed E-state index contributed by atoms with van der Waals surface area (Å²) in [4.78, 5) is 16.3. The van der Waals surface area contributed by atoms with E-state index in [1.54, 1.807) is 43.2 Å². The number of sulfonamides is 1. The van der Waals surface area contributed by atoms with Gasteiger partial charge < -0.3 is 14.6 Å². The van der Waals surface area contributed by atoms with Crippen LogP contribution >= 0.6 is 0 Å². The van der Waals surface area contributed by atoms with Gasteiger partial charge in [-0.05, 0) is 32.0 Å². The van der Waals surface area contributed by atoms with E-state index in [-0.39, 0.29) is 16.6 Å². The van der Waals surface area contributed by atoms with Crippen molar-refractivity contribution in [3.05, 3.63) is 36.9 Å². The number of carbonyl (C=O) groups excluding carboxylic acids is 1. The van der Waals surface area contributed by atoms with E-state index in [0.29, 0.717) is 12.3 Å². The number of rotatable bonds is 7. The minimum Gasteiger partial charge on any atom is -0.492 e. The summed E-state index contributed by atoms with van der Waals surface area (Å²) in [5, 5.41) is 2.72. The number of nitrogens with one attached hydrogen (secondary N) is 1. The van der Waals surface area contributed by atoms with Crippen LogP contribution in [0.3, 0.4) is 0 Å². The standard InChI is InChI=1S/C16H22N4O4S/c1-5-24-14-7-6-13(10-15(14)25(22,23)19(3)4)18-16(21)12(2)20-9-8-17-11-20/h6-12H,5H2,1-4H3,(H,18,21). The maximum absolute atomic E-state index is 12.5. The molecule has 1 amide bonds. The molecular formula is C16H22N4O4S. The quantitative estimate of drug-likeness (QED) is 0.805. The molecule has 25 heavy (non-hydrogen) atoms. The van der Waals surface area contributed by atoms with Gasteiger partial charge in [0.05, 0.1) is 12.9 Å². The summed E-state index contributed by atoms with van der Waals surface area (Å²) in [6, 6.07) is 4.07. The maximum Gasteiger partial charge on any atom is 0.247 e. The van der Waals surface area contributed by atoms with Gasteiger partial charge in [-0.1, -0.05) is 0 Å². The second kappa shape index (κ2) is 7.66. The summed E-state index contributed by atoms with van der Waals surface area (Å²) in [6.07, 6.45) is 4.82. The smallest absolute Gasteiger partial charge is 0.247 e. The fraction of sp³-hybridized carbons (Fsp3) is 0.375. The van der Waals surface area contributed by atoms with Crippen molar-refractivity contribution in [3.63, 3.8) is 0 Å². The summed E-state index contributed by atoms with van der Waals surface area (Å²) >= 11 is 0. The molecular weight excluding hydrogens is 344 g/mol. The number of benzene rings is 1. The van der Waals surface area contributed by atoms with Crippen molar-refractivity contribution in [1.29, 1.82) is 0 Å². The van der Waals surface area contributed by atoms with Gasteiger partial charge in [0.25, 0.3) is 0 Å². The van der Waals surface area contributed by atoms with Crippen LogP contribution in [0.2, 0.25) is 0 Å². The Morgan fingerprint density at radius 3 is 2.68 bits per heavy atom. The fourth-order valence-electron chi connectivity index (χ4n) is 2.14. The zero-order valence-corrected chi connectivity index (χ0v) is 15.4. The Balaban J connectivity index is 2.32. The van der Waals surface area contributed by atoms with Crippen molar-refractivity contribution in [2.75, 3.05) is 26.0 Å². The molecule has 0 spiro atoms. The second-order valence-corrected chi connectivity index (χ2v) is 7.68. The molecule has 0 aliphatic rings. The number of hydrogen-bond acceptors (Lipinski definition) is 5. The molecule has 2 rings (SSSR count). The number of nitrogens with zero attached hydrogens (tertiary/aromatic N) is 3. The molecule has 0 bridgehead atoms. The number of anilines is 1. The zero-order chi connectivity index (χ0) is 18.6. The van der Waals surface area contributed by atoms with E-state index in [1.807, 2.05) is 0 Å². The van der Waals surface area contributed by atoms with Gasteiger partial charge in [0.2, 0.25) is 15.9 Å². The Bertz CT molecular complexity index is 832. The van der Waals surface area contributed by atoms with E-state index in [0.717, 1.165) is 4.31 Å². The van der Waals surface area contributed by atoms with Gasteiger partial charge in [-0.2, -0.15) is 0 Å². The van der Waals surface area contributed by atoms with E-state index < -0.39 is 16.1 Å². The molecule has 2 aromatic rings. The molecule has 8 nitrogen and oxygen atoms in total. The summed E-state index contributed by atoms with van der Waals surface area (Å²) in [6.45, 7) is 3.83. The highest BCUT2D eigenvalue weighted by molar-refractivity contribution is 7.89. The Morgan fingerprint density at radius 2 is 2.12 bits per heavy atom. The summed E-state index contributed by atoms with van der Waals surface area (Å²) in [5.74, 6) is -0.0350. The first-order valence-electron chi connectivity index (χ1n) is 7.75. The predicted molar refractivity (Wildman–Crippen MR) is 94.1 cm³/mol. The fourth-order valence-corrected chi connectivity index (χ4v) is 3.19. The number of aromatic nitrogens is 2. The van der Waals surface area contributed by atoms with E-state index in [9.17, 15) is 13.2 Å². The van der Waals surface area contributed by atoms with E-state index in [4.69, 9.17) is 4.74 Å². The third-order valence-electron chi connectivity index (χ3n) is 3.62. The second-order valence-electron chi connectivity index (χ2n) is 5.56. The predicted octanol–water partition coefficient (Wildman–Crippen LogP) is 1.73. The van der Waals surface area contributed by atoms with Crippen molar-refractivity contribution < 1.29 is 17.9 Å². The normalized spacial score (nSPS) is 12.8. The molecule has 0 fully saturated rings. The van der Waals surface area contributed by atoms with E-state index >= 15 is 0 Å². The molecule has 9 heteroatoms. The Labute approximate surface area is 147 Å². The maximum atomic E-state index is 12.5. The number of imidazole rings is 1. The summed E-state index contributed by atoms with van der Waals surface area (Å²) < 4.78 is 33.2. The van der Waals surface area contributed by atoms with Crippen molar-refractivity contribution in [2.45, 2.75) is 24.8 Å². The molecule has 1 aromatic heterocycles. The van der Waals surface area contributed by atoms with E-state index in [2.05, 4.69) is 10.3 Å². The average Bonchev–Trinajstić information content (AvgIpc) is 3.09. The van der Waals surface area contributed by atoms with Crippen LogP contribution in [-0.2, 0) is 14.8 Å². The highest BCUT2D eigenvalue weighted by Gasteiger charge is 2.24. The molecule has 0 radical (unpaired) electrons. The summed E-state index contributed by atoms with van der Waals surface area (Å²) in [7, 11) is -0.826. The van der Waals surface area contributed by atoms with E-state index in [1.165, 1.54) is 26.2 Å². The molecule has 0 aliphatic heterocycles. The highest BCUT2D eigenvalue weighted by atomic mass is 32.2. The molecule has 0 saturated carbocycles. The number of amides is 1. The first kappa shape index (κ1) is 18.9. The number of ether oxygens (including phenoxy) is 1. The van der Waals surface area contributed by atoms with Crippen LogP contribution in [0.1, 0.15) is 19.9 Å². The lowest BCUT2D eigenvalue weighted by Gasteiger charge is -2.18. The van der Waals surface area contributed by atoms with Crippen LogP contribution in [0, 0.1) is 0 Å². The third-order valence-corrected chi connectivity index (χ3v) is 5.46. The van der Waals surface area contributed by atoms with Crippen LogP contribution in [0.5, 0.6) is 5.75 Å². The average molecular weight is 366 g/mol. The Morgan fingerprint density at radius 1 is 1.40 bits per heavy atom. The lowest BCUT2D eigenvalue weighted by molar-refractivity contribution is -0.118. The minimum atomic E-state index is -3.71. The molecule has 1 heterocycles. The van der Waals surface area contributed by atoms with Crippen molar-refractivity contribution in [1.82, 2.24) is 13.9 Å². The number of hydrogen-bond donors (Lipinski definition) is 1. The SMILES string of the molecule is CCOc1ccc(NC(=O)C(C)n2ccnc2)cc1S(=O)(=O)N(C)C. The van der Waals surface area contributed by atoms with Crippen LogP contribution in [-0.4, -0.2) is 48.9 Å². The molecule has 1 aromatic carbocycles. The highest BCUT2D eigenvalue weighted by Crippen LogP contribution is 2.29. The van der Waals surface area contributed by atoms with Crippen LogP contribution in [0.4, 0.5) is 5.69 Å². The van der Waals surface area contributed by atoms with Gasteiger partial charge in [0.1, 0.15) is 16.7 Å². The molecule has 0 aliphatic carbocycles. The first-order chi connectivity index (χ1) is 11.8. The Hall–Kier alpha value is -2.39. The topological polar surface area (TPSA) is 93.5 Å². The van der Waals surface area contributed by atoms with Crippen LogP contribution < -0.4 is 10.1 Å².